The Morgan fingerprint density at radius 1 is 0.806 bits per heavy atom. The third-order valence-corrected chi connectivity index (χ3v) is 5.31. The summed E-state index contributed by atoms with van der Waals surface area (Å²) in [6, 6.07) is 20.2. The third-order valence-electron chi connectivity index (χ3n) is 5.31. The Morgan fingerprint density at radius 3 is 2.08 bits per heavy atom. The quantitative estimate of drug-likeness (QED) is 0.255. The highest BCUT2D eigenvalue weighted by Crippen LogP contribution is 2.30. The zero-order chi connectivity index (χ0) is 25.8. The van der Waals surface area contributed by atoms with Gasteiger partial charge in [-0.2, -0.15) is 0 Å². The number of nitro groups is 2. The lowest BCUT2D eigenvalue weighted by molar-refractivity contribution is -0.395. The predicted octanol–water partition coefficient (Wildman–Crippen LogP) is 5.57. The molecule has 0 aliphatic rings. The number of rotatable bonds is 7. The molecule has 0 aliphatic carbocycles. The van der Waals surface area contributed by atoms with Gasteiger partial charge in [0.25, 0.3) is 17.3 Å². The van der Waals surface area contributed by atoms with Gasteiger partial charge in [-0.1, -0.05) is 36.4 Å². The Kier molecular flexibility index (Phi) is 6.63. The van der Waals surface area contributed by atoms with Crippen LogP contribution in [0.15, 0.2) is 72.8 Å². The number of hydrogen-bond donors (Lipinski definition) is 2. The van der Waals surface area contributed by atoms with E-state index in [2.05, 4.69) is 20.6 Å². The molecule has 3 aromatic carbocycles. The largest absolute Gasteiger partial charge is 0.340 e. The van der Waals surface area contributed by atoms with Gasteiger partial charge in [0.15, 0.2) is 0 Å². The molecule has 4 rings (SSSR count). The van der Waals surface area contributed by atoms with Crippen LogP contribution in [0.3, 0.4) is 0 Å². The molecule has 0 saturated heterocycles. The second-order valence-corrected chi connectivity index (χ2v) is 7.87. The number of carbonyl (C=O) groups excluding carboxylic acids is 1. The first-order valence-corrected chi connectivity index (χ1v) is 10.7. The van der Waals surface area contributed by atoms with E-state index >= 15 is 0 Å². The number of nitrogens with one attached hydrogen (secondary N) is 2. The number of nitro benzene ring substituents is 2. The molecule has 0 saturated carbocycles. The molecule has 11 heteroatoms. The number of nitrogens with zero attached hydrogens (tertiary/aromatic N) is 4. The van der Waals surface area contributed by atoms with Gasteiger partial charge in [0, 0.05) is 35.1 Å². The van der Waals surface area contributed by atoms with Gasteiger partial charge in [-0.05, 0) is 32.0 Å². The SMILES string of the molecule is Cc1nc(Nc2cccc(NC(=O)c3cc([N+](=O)[O-])c(C)c([N+](=O)[O-])c3)c2)cc(-c2ccccc2)n1. The number of aromatic nitrogens is 2. The number of benzene rings is 3. The van der Waals surface area contributed by atoms with E-state index in [1.54, 1.807) is 37.3 Å². The number of aryl methyl sites for hydroxylation is 1. The summed E-state index contributed by atoms with van der Waals surface area (Å²) in [5.41, 5.74) is 1.36. The molecule has 0 unspecified atom stereocenters. The van der Waals surface area contributed by atoms with Crippen molar-refractivity contribution in [3.8, 4) is 11.3 Å². The van der Waals surface area contributed by atoms with Crippen molar-refractivity contribution in [2.45, 2.75) is 13.8 Å². The molecule has 2 N–H and O–H groups in total. The van der Waals surface area contributed by atoms with Crippen LogP contribution in [0.5, 0.6) is 0 Å². The summed E-state index contributed by atoms with van der Waals surface area (Å²) < 4.78 is 0. The van der Waals surface area contributed by atoms with Gasteiger partial charge < -0.3 is 10.6 Å². The van der Waals surface area contributed by atoms with E-state index in [0.717, 1.165) is 23.4 Å². The smallest absolute Gasteiger partial charge is 0.279 e. The maximum atomic E-state index is 12.8. The number of amides is 1. The van der Waals surface area contributed by atoms with Crippen LogP contribution < -0.4 is 10.6 Å². The Morgan fingerprint density at radius 2 is 1.44 bits per heavy atom. The number of hydrogen-bond acceptors (Lipinski definition) is 8. The normalized spacial score (nSPS) is 10.5. The number of carbonyl (C=O) groups is 1. The van der Waals surface area contributed by atoms with Gasteiger partial charge in [0.2, 0.25) is 0 Å². The second-order valence-electron chi connectivity index (χ2n) is 7.87. The van der Waals surface area contributed by atoms with Crippen LogP contribution in [-0.4, -0.2) is 25.7 Å². The van der Waals surface area contributed by atoms with Crippen LogP contribution in [0.2, 0.25) is 0 Å². The van der Waals surface area contributed by atoms with Crippen molar-refractivity contribution < 1.29 is 14.6 Å². The summed E-state index contributed by atoms with van der Waals surface area (Å²) in [6.07, 6.45) is 0. The first-order valence-electron chi connectivity index (χ1n) is 10.7. The minimum absolute atomic E-state index is 0.122. The van der Waals surface area contributed by atoms with Gasteiger partial charge >= 0.3 is 0 Å². The molecule has 1 aromatic heterocycles. The zero-order valence-corrected chi connectivity index (χ0v) is 19.3. The lowest BCUT2D eigenvalue weighted by Gasteiger charge is -2.11. The predicted molar refractivity (Wildman–Crippen MR) is 134 cm³/mol. The van der Waals surface area contributed by atoms with Crippen molar-refractivity contribution in [3.63, 3.8) is 0 Å². The fourth-order valence-corrected chi connectivity index (χ4v) is 3.61. The lowest BCUT2D eigenvalue weighted by atomic mass is 10.1. The molecule has 0 fully saturated rings. The maximum absolute atomic E-state index is 12.8. The Hall–Kier alpha value is -5.19. The van der Waals surface area contributed by atoms with E-state index in [1.807, 2.05) is 30.3 Å². The summed E-state index contributed by atoms with van der Waals surface area (Å²) in [5, 5.41) is 28.4. The average Bonchev–Trinajstić information content (AvgIpc) is 2.84. The first-order chi connectivity index (χ1) is 17.2. The van der Waals surface area contributed by atoms with Crippen molar-refractivity contribution in [1.29, 1.82) is 0 Å². The van der Waals surface area contributed by atoms with E-state index in [-0.39, 0.29) is 11.1 Å². The lowest BCUT2D eigenvalue weighted by Crippen LogP contribution is -2.13. The first kappa shape index (κ1) is 24.0. The Labute approximate surface area is 205 Å². The van der Waals surface area contributed by atoms with Crippen LogP contribution in [0.25, 0.3) is 11.3 Å². The van der Waals surface area contributed by atoms with Gasteiger partial charge in [-0.3, -0.25) is 25.0 Å². The van der Waals surface area contributed by atoms with E-state index in [4.69, 9.17) is 0 Å². The molecule has 0 spiro atoms. The molecule has 1 amide bonds. The molecular formula is C25H20N6O5. The molecule has 4 aromatic rings. The van der Waals surface area contributed by atoms with Gasteiger partial charge in [0.1, 0.15) is 17.2 Å². The van der Waals surface area contributed by atoms with Crippen LogP contribution in [0.4, 0.5) is 28.6 Å². The van der Waals surface area contributed by atoms with Crippen molar-refractivity contribution >= 4 is 34.5 Å². The molecule has 0 atom stereocenters. The third kappa shape index (κ3) is 5.30. The Balaban J connectivity index is 1.58. The Bertz CT molecular complexity index is 1450. The van der Waals surface area contributed by atoms with Gasteiger partial charge in [-0.25, -0.2) is 9.97 Å². The van der Waals surface area contributed by atoms with Crippen LogP contribution in [-0.2, 0) is 0 Å². The van der Waals surface area contributed by atoms with E-state index < -0.39 is 27.1 Å². The molecule has 180 valence electrons. The van der Waals surface area contributed by atoms with Crippen LogP contribution >= 0.6 is 0 Å². The molecule has 0 bridgehead atoms. The summed E-state index contributed by atoms with van der Waals surface area (Å²) in [7, 11) is 0. The maximum Gasteiger partial charge on any atom is 0.279 e. The fourth-order valence-electron chi connectivity index (χ4n) is 3.61. The minimum atomic E-state index is -0.753. The molecule has 11 nitrogen and oxygen atoms in total. The van der Waals surface area contributed by atoms with E-state index in [9.17, 15) is 25.0 Å². The standard InChI is InChI=1S/C25H20N6O5/c1-15-22(30(33)34)11-18(12-23(15)31(35)36)25(32)29-20-10-6-9-19(13-20)28-24-14-21(26-16(2)27-24)17-7-4-3-5-8-17/h3-14H,1-2H3,(H,29,32)(H,26,27,28). The highest BCUT2D eigenvalue weighted by molar-refractivity contribution is 6.05. The molecule has 0 radical (unpaired) electrons. The monoisotopic (exact) mass is 484 g/mol. The van der Waals surface area contributed by atoms with E-state index in [0.29, 0.717) is 23.0 Å². The summed E-state index contributed by atoms with van der Waals surface area (Å²) >= 11 is 0. The molecule has 36 heavy (non-hydrogen) atoms. The van der Waals surface area contributed by atoms with Crippen LogP contribution in [0, 0.1) is 34.1 Å². The fraction of sp³-hybridized carbons (Fsp3) is 0.0800. The topological polar surface area (TPSA) is 153 Å². The summed E-state index contributed by atoms with van der Waals surface area (Å²) in [4.78, 5) is 42.8. The van der Waals surface area contributed by atoms with Crippen molar-refractivity contribution in [3.05, 3.63) is 110 Å². The van der Waals surface area contributed by atoms with Crippen molar-refractivity contribution in [1.82, 2.24) is 9.97 Å². The summed E-state index contributed by atoms with van der Waals surface area (Å²) in [6.45, 7) is 3.05. The zero-order valence-electron chi connectivity index (χ0n) is 19.3. The highest BCUT2D eigenvalue weighted by Gasteiger charge is 2.25. The highest BCUT2D eigenvalue weighted by atomic mass is 16.6. The van der Waals surface area contributed by atoms with Crippen molar-refractivity contribution in [2.24, 2.45) is 0 Å². The van der Waals surface area contributed by atoms with Gasteiger partial charge in [0.05, 0.1) is 21.1 Å². The summed E-state index contributed by atoms with van der Waals surface area (Å²) in [5.74, 6) is 0.406. The van der Waals surface area contributed by atoms with Crippen molar-refractivity contribution in [2.75, 3.05) is 10.6 Å². The second kappa shape index (κ2) is 9.97. The molecule has 0 aliphatic heterocycles. The average molecular weight is 484 g/mol. The minimum Gasteiger partial charge on any atom is -0.340 e. The molecule has 1 heterocycles. The van der Waals surface area contributed by atoms with Crippen LogP contribution in [0.1, 0.15) is 21.7 Å². The number of anilines is 3. The van der Waals surface area contributed by atoms with Gasteiger partial charge in [-0.15, -0.1) is 0 Å². The van der Waals surface area contributed by atoms with E-state index in [1.165, 1.54) is 6.92 Å². The molecular weight excluding hydrogens is 464 g/mol.